The van der Waals surface area contributed by atoms with Crippen molar-refractivity contribution in [2.75, 3.05) is 64.2 Å². The van der Waals surface area contributed by atoms with E-state index in [0.717, 1.165) is 32.4 Å². The average Bonchev–Trinajstić information content (AvgIpc) is 4.28. The number of carbonyl (C=O) groups is 4. The topological polar surface area (TPSA) is 278 Å². The number of amides is 4. The zero-order valence-electron chi connectivity index (χ0n) is 43.3. The van der Waals surface area contributed by atoms with Gasteiger partial charge >= 0.3 is 0 Å². The van der Waals surface area contributed by atoms with Gasteiger partial charge in [-0.25, -0.2) is 19.0 Å². The summed E-state index contributed by atoms with van der Waals surface area (Å²) in [6.45, 7) is 0. The predicted octanol–water partition coefficient (Wildman–Crippen LogP) is 8.62. The highest BCUT2D eigenvalue weighted by atomic mass is 79.9. The number of anilines is 5. The van der Waals surface area contributed by atoms with Gasteiger partial charge < -0.3 is 51.3 Å². The summed E-state index contributed by atoms with van der Waals surface area (Å²) in [5, 5.41) is 22.6. The van der Waals surface area contributed by atoms with Crippen LogP contribution in [-0.4, -0.2) is 105 Å². The molecule has 0 saturated carbocycles. The van der Waals surface area contributed by atoms with Crippen LogP contribution in [0, 0.1) is 0 Å². The van der Waals surface area contributed by atoms with Crippen LogP contribution in [0.4, 0.5) is 28.7 Å². The van der Waals surface area contributed by atoms with Crippen molar-refractivity contribution < 1.29 is 38.1 Å². The van der Waals surface area contributed by atoms with Crippen molar-refractivity contribution in [2.45, 2.75) is 0 Å². The van der Waals surface area contributed by atoms with E-state index < -0.39 is 0 Å². The molecule has 22 nitrogen and oxygen atoms in total. The smallest absolute Gasteiger partial charge is 0.258 e. The highest BCUT2D eigenvalue weighted by molar-refractivity contribution is 9.10. The number of nitrogen functional groups attached to an aromatic ring is 1. The molecule has 6 aromatic heterocycles. The Balaban J connectivity index is 0.000000179. The molecule has 6 heterocycles. The number of carbonyl (C=O) groups excluding carboxylic acids is 4. The number of halogens is 1. The Bertz CT molecular complexity index is 3820. The number of nitrogens with two attached hydrogens (primary N) is 1. The molecular formula is C56H51BrN14O8. The molecule has 0 spiro atoms. The Morgan fingerprint density at radius 3 is 1.49 bits per heavy atom. The summed E-state index contributed by atoms with van der Waals surface area (Å²) in [6, 6.07) is 38.7. The fourth-order valence-electron chi connectivity index (χ4n) is 7.69. The Kier molecular flexibility index (Phi) is 17.6. The Hall–Kier alpha value is -10.4. The van der Waals surface area contributed by atoms with E-state index in [-0.39, 0.29) is 23.6 Å². The third kappa shape index (κ3) is 13.3. The molecule has 0 atom stereocenters. The zero-order valence-corrected chi connectivity index (χ0v) is 44.9. The predicted molar refractivity (Wildman–Crippen MR) is 302 cm³/mol. The van der Waals surface area contributed by atoms with Crippen molar-refractivity contribution in [1.29, 1.82) is 0 Å². The van der Waals surface area contributed by atoms with Crippen LogP contribution in [-0.2, 0) is 0 Å². The van der Waals surface area contributed by atoms with Gasteiger partial charge in [-0.1, -0.05) is 24.3 Å². The van der Waals surface area contributed by atoms with Gasteiger partial charge in [0.15, 0.2) is 22.8 Å². The maximum Gasteiger partial charge on any atom is 0.258 e. The molecule has 0 saturated heterocycles. The quantitative estimate of drug-likeness (QED) is 0.0594. The number of hydrogen-bond donors (Lipinski definition) is 6. The number of benzene rings is 4. The minimum Gasteiger partial charge on any atom is -0.491 e. The van der Waals surface area contributed by atoms with Gasteiger partial charge in [-0.05, 0) is 136 Å². The lowest BCUT2D eigenvalue weighted by atomic mass is 10.0. The van der Waals surface area contributed by atoms with Crippen LogP contribution in [0.2, 0.25) is 0 Å². The lowest BCUT2D eigenvalue weighted by Crippen LogP contribution is -2.17. The third-order valence-electron chi connectivity index (χ3n) is 11.6. The molecule has 7 N–H and O–H groups in total. The van der Waals surface area contributed by atoms with Crippen molar-refractivity contribution in [3.63, 3.8) is 0 Å². The highest BCUT2D eigenvalue weighted by Gasteiger charge is 2.16. The van der Waals surface area contributed by atoms with Crippen molar-refractivity contribution in [3.05, 3.63) is 185 Å². The molecule has 79 heavy (non-hydrogen) atoms. The number of nitrogens with zero attached hydrogens (tertiary/aromatic N) is 8. The lowest BCUT2D eigenvalue weighted by molar-refractivity contribution is 0.0955. The number of pyridine rings is 4. The number of methoxy groups -OCH3 is 4. The SMILES string of the molecule is CNC(=O)c1ccc(NC(=O)c2cccc(-c3cc(Br)c4ncnn4c3)c2)cc1.CNC(=O)c1ccc(NC(=O)c2cccc(-c3cc(Nc4ccc(OC)c(OC)n4)c4ncnn4c3)c2)cc1.COc1ccc(N)nc1OC. The Morgan fingerprint density at radius 1 is 0.506 bits per heavy atom. The Labute approximate surface area is 460 Å². The minimum absolute atomic E-state index is 0.175. The van der Waals surface area contributed by atoms with E-state index in [1.165, 1.54) is 26.9 Å². The monoisotopic (exact) mass is 1130 g/mol. The summed E-state index contributed by atoms with van der Waals surface area (Å²) in [5.74, 6) is 1.92. The molecule has 4 amide bonds. The molecule has 0 radical (unpaired) electrons. The van der Waals surface area contributed by atoms with Gasteiger partial charge in [0.1, 0.15) is 24.3 Å². The fraction of sp³-hybridized carbons (Fsp3) is 0.107. The molecule has 10 rings (SSSR count). The second-order valence-electron chi connectivity index (χ2n) is 16.6. The van der Waals surface area contributed by atoms with Crippen LogP contribution in [0.1, 0.15) is 41.4 Å². The number of nitrogens with one attached hydrogen (secondary N) is 5. The maximum absolute atomic E-state index is 13.0. The number of rotatable bonds is 14. The van der Waals surface area contributed by atoms with Crippen LogP contribution < -0.4 is 51.3 Å². The number of aromatic nitrogens is 8. The summed E-state index contributed by atoms with van der Waals surface area (Å²) < 4.78 is 24.6. The van der Waals surface area contributed by atoms with E-state index in [1.54, 1.807) is 128 Å². The number of ether oxygens (including phenoxy) is 4. The minimum atomic E-state index is -0.278. The van der Waals surface area contributed by atoms with Gasteiger partial charge in [0.25, 0.3) is 35.4 Å². The fourth-order valence-corrected chi connectivity index (χ4v) is 8.22. The van der Waals surface area contributed by atoms with Gasteiger partial charge in [-0.2, -0.15) is 20.2 Å². The standard InChI is InChI=1S/C28H25N7O4.C21H16BrN5O2.C7H10N2O2/c1-29-26(36)17-7-9-21(10-8-17)32-27(37)19-6-4-5-18(13-19)20-14-22(25-30-16-31-35(25)15-20)33-24-12-11-23(38-2)28(34-24)39-3;1-23-20(28)13-5-7-17(8-6-13)26-21(29)15-4-2-3-14(9-15)16-10-18(22)19-24-12-25-27(19)11-16;1-10-5-3-4-6(8)9-7(5)11-2/h4-16H,1-3H3,(H,29,36)(H,32,37)(H,33,34);2-12H,1H3,(H,23,28)(H,26,29);3-4H,1-2H3,(H2,8,9). The van der Waals surface area contributed by atoms with E-state index >= 15 is 0 Å². The van der Waals surface area contributed by atoms with Crippen LogP contribution in [0.3, 0.4) is 0 Å². The van der Waals surface area contributed by atoms with Gasteiger partial charge in [0.05, 0.1) is 38.6 Å². The molecule has 0 fully saturated rings. The molecule has 0 aliphatic heterocycles. The molecule has 4 aromatic carbocycles. The molecule has 10 aromatic rings. The summed E-state index contributed by atoms with van der Waals surface area (Å²) in [6.07, 6.45) is 6.65. The summed E-state index contributed by atoms with van der Waals surface area (Å²) in [5.41, 5.74) is 14.0. The van der Waals surface area contributed by atoms with E-state index in [1.807, 2.05) is 54.9 Å². The van der Waals surface area contributed by atoms with E-state index in [2.05, 4.69) is 72.6 Å². The van der Waals surface area contributed by atoms with Gasteiger partial charge in [0.2, 0.25) is 0 Å². The Morgan fingerprint density at radius 2 is 0.987 bits per heavy atom. The number of fused-ring (bicyclic) bond motifs is 2. The van der Waals surface area contributed by atoms with Crippen molar-refractivity contribution in [1.82, 2.24) is 49.8 Å². The number of hydrogen-bond acceptors (Lipinski definition) is 16. The summed E-state index contributed by atoms with van der Waals surface area (Å²) in [4.78, 5) is 66.0. The normalized spacial score (nSPS) is 10.5. The van der Waals surface area contributed by atoms with E-state index in [4.69, 9.17) is 24.7 Å². The van der Waals surface area contributed by atoms with Crippen LogP contribution in [0.25, 0.3) is 33.5 Å². The van der Waals surface area contributed by atoms with Gasteiger partial charge in [0, 0.05) is 71.2 Å². The van der Waals surface area contributed by atoms with E-state index in [0.29, 0.717) is 79.9 Å². The van der Waals surface area contributed by atoms with Crippen LogP contribution in [0.15, 0.2) is 163 Å². The highest BCUT2D eigenvalue weighted by Crippen LogP contribution is 2.32. The van der Waals surface area contributed by atoms with Gasteiger partial charge in [-0.15, -0.1) is 0 Å². The molecular weight excluding hydrogens is 1080 g/mol. The first kappa shape index (κ1) is 54.8. The maximum atomic E-state index is 13.0. The van der Waals surface area contributed by atoms with Crippen LogP contribution >= 0.6 is 15.9 Å². The largest absolute Gasteiger partial charge is 0.491 e. The molecule has 0 aliphatic carbocycles. The molecule has 400 valence electrons. The molecule has 0 unspecified atom stereocenters. The van der Waals surface area contributed by atoms with Gasteiger partial charge in [-0.3, -0.25) is 19.2 Å². The molecule has 23 heteroatoms. The van der Waals surface area contributed by atoms with E-state index in [9.17, 15) is 19.2 Å². The zero-order chi connectivity index (χ0) is 56.0. The molecule has 0 bridgehead atoms. The van der Waals surface area contributed by atoms with Crippen LogP contribution in [0.5, 0.6) is 23.3 Å². The first-order chi connectivity index (χ1) is 38.3. The second-order valence-corrected chi connectivity index (χ2v) is 17.5. The second kappa shape index (κ2) is 25.4. The first-order valence-electron chi connectivity index (χ1n) is 23.8. The van der Waals surface area contributed by atoms with Crippen molar-refractivity contribution >= 4 is 79.6 Å². The lowest BCUT2D eigenvalue weighted by Gasteiger charge is -2.12. The van der Waals surface area contributed by atoms with Crippen molar-refractivity contribution in [2.24, 2.45) is 0 Å². The third-order valence-corrected chi connectivity index (χ3v) is 12.2. The average molecular weight is 1130 g/mol. The summed E-state index contributed by atoms with van der Waals surface area (Å²) in [7, 11) is 9.28. The molecule has 0 aliphatic rings. The first-order valence-corrected chi connectivity index (χ1v) is 24.6. The summed E-state index contributed by atoms with van der Waals surface area (Å²) >= 11 is 3.51. The van der Waals surface area contributed by atoms with Crippen molar-refractivity contribution in [3.8, 4) is 45.5 Å².